The third kappa shape index (κ3) is 4.20. The minimum atomic E-state index is -0.723. The molecule has 0 spiro atoms. The van der Waals surface area contributed by atoms with Gasteiger partial charge in [-0.25, -0.2) is 0 Å². The molecular weight excluding hydrogens is 461 g/mol. The molecule has 0 amide bonds. The first-order valence-corrected chi connectivity index (χ1v) is 10.5. The van der Waals surface area contributed by atoms with E-state index < -0.39 is 10.9 Å². The molecular formula is C18H9Cl6S+. The predicted octanol–water partition coefficient (Wildman–Crippen LogP) is 8.70. The molecule has 3 aromatic carbocycles. The quantitative estimate of drug-likeness (QED) is 0.336. The number of hydrogen-bond donors (Lipinski definition) is 0. The van der Waals surface area contributed by atoms with Gasteiger partial charge in [0.25, 0.3) is 0 Å². The second-order valence-corrected chi connectivity index (χ2v) is 9.42. The van der Waals surface area contributed by atoms with Crippen molar-refractivity contribution < 1.29 is 0 Å². The van der Waals surface area contributed by atoms with Gasteiger partial charge in [-0.1, -0.05) is 87.8 Å². The van der Waals surface area contributed by atoms with Crippen molar-refractivity contribution in [3.8, 4) is 0 Å². The first kappa shape index (κ1) is 19.5. The highest BCUT2D eigenvalue weighted by Crippen LogP contribution is 2.46. The average Bonchev–Trinajstić information content (AvgIpc) is 2.52. The lowest BCUT2D eigenvalue weighted by Crippen LogP contribution is -2.08. The Morgan fingerprint density at radius 1 is 0.520 bits per heavy atom. The van der Waals surface area contributed by atoms with Crippen LogP contribution < -0.4 is 0 Å². The molecule has 7 heteroatoms. The fraction of sp³-hybridized carbons (Fsp3) is 0. The topological polar surface area (TPSA) is 0 Å². The molecule has 0 saturated carbocycles. The highest BCUT2D eigenvalue weighted by Gasteiger charge is 2.38. The molecule has 0 heterocycles. The van der Waals surface area contributed by atoms with Gasteiger partial charge in [0.2, 0.25) is 9.79 Å². The SMILES string of the molecule is Clc1cc(Cl)c([S+](c2ccccc2)c2c(Cl)cc(Cl)cc2Cl)c(Cl)c1. The van der Waals surface area contributed by atoms with Gasteiger partial charge in [-0.15, -0.1) is 0 Å². The lowest BCUT2D eigenvalue weighted by Gasteiger charge is -2.13. The third-order valence-electron chi connectivity index (χ3n) is 3.31. The van der Waals surface area contributed by atoms with Crippen LogP contribution in [-0.2, 0) is 10.9 Å². The van der Waals surface area contributed by atoms with E-state index in [-0.39, 0.29) is 0 Å². The summed E-state index contributed by atoms with van der Waals surface area (Å²) in [5.41, 5.74) is 0. The molecule has 0 unspecified atom stereocenters. The zero-order valence-electron chi connectivity index (χ0n) is 12.4. The van der Waals surface area contributed by atoms with Gasteiger partial charge in [-0.2, -0.15) is 0 Å². The van der Waals surface area contributed by atoms with Crippen molar-refractivity contribution in [1.29, 1.82) is 0 Å². The van der Waals surface area contributed by atoms with E-state index in [1.807, 2.05) is 30.3 Å². The molecule has 0 nitrogen and oxygen atoms in total. The molecule has 0 bridgehead atoms. The molecule has 128 valence electrons. The average molecular weight is 470 g/mol. The second kappa shape index (κ2) is 8.19. The van der Waals surface area contributed by atoms with E-state index in [0.717, 1.165) is 4.90 Å². The number of benzene rings is 3. The monoisotopic (exact) mass is 467 g/mol. The van der Waals surface area contributed by atoms with E-state index in [4.69, 9.17) is 69.6 Å². The van der Waals surface area contributed by atoms with Gasteiger partial charge in [-0.3, -0.25) is 0 Å². The van der Waals surface area contributed by atoms with E-state index in [2.05, 4.69) is 0 Å². The Morgan fingerprint density at radius 2 is 0.880 bits per heavy atom. The Balaban J connectivity index is 2.34. The van der Waals surface area contributed by atoms with Gasteiger partial charge in [-0.05, 0) is 36.4 Å². The van der Waals surface area contributed by atoms with Crippen molar-refractivity contribution in [3.05, 3.63) is 84.7 Å². The summed E-state index contributed by atoms with van der Waals surface area (Å²) in [5, 5.41) is 2.73. The maximum Gasteiger partial charge on any atom is 0.203 e. The lowest BCUT2D eigenvalue weighted by atomic mass is 10.3. The normalized spacial score (nSPS) is 11.2. The summed E-state index contributed by atoms with van der Waals surface area (Å²) in [6.07, 6.45) is 0. The van der Waals surface area contributed by atoms with Gasteiger partial charge in [0.05, 0.1) is 20.1 Å². The van der Waals surface area contributed by atoms with Gasteiger partial charge >= 0.3 is 0 Å². The Hall–Kier alpha value is -0.250. The first-order valence-electron chi connectivity index (χ1n) is 6.97. The van der Waals surface area contributed by atoms with Crippen molar-refractivity contribution in [1.82, 2.24) is 0 Å². The second-order valence-electron chi connectivity index (χ2n) is 5.02. The van der Waals surface area contributed by atoms with Crippen molar-refractivity contribution in [2.45, 2.75) is 14.7 Å². The molecule has 0 aliphatic carbocycles. The highest BCUT2D eigenvalue weighted by atomic mass is 35.5. The molecule has 0 aromatic heterocycles. The summed E-state index contributed by atoms with van der Waals surface area (Å²) >= 11 is 38.1. The van der Waals surface area contributed by atoms with Crippen LogP contribution in [0.25, 0.3) is 0 Å². The molecule has 0 aliphatic heterocycles. The van der Waals surface area contributed by atoms with Crippen molar-refractivity contribution in [3.63, 3.8) is 0 Å². The molecule has 0 radical (unpaired) electrons. The maximum absolute atomic E-state index is 6.49. The summed E-state index contributed by atoms with van der Waals surface area (Å²) in [7, 11) is -0.723. The van der Waals surface area contributed by atoms with Crippen LogP contribution in [0, 0.1) is 0 Å². The zero-order valence-corrected chi connectivity index (χ0v) is 17.7. The lowest BCUT2D eigenvalue weighted by molar-refractivity contribution is 1.32. The van der Waals surface area contributed by atoms with Gasteiger partial charge in [0.15, 0.2) is 4.90 Å². The van der Waals surface area contributed by atoms with E-state index in [9.17, 15) is 0 Å². The minimum Gasteiger partial charge on any atom is -0.0842 e. The van der Waals surface area contributed by atoms with Crippen LogP contribution >= 0.6 is 69.6 Å². The molecule has 3 aromatic rings. The Kier molecular flexibility index (Phi) is 6.39. The van der Waals surface area contributed by atoms with E-state index in [1.165, 1.54) is 0 Å². The summed E-state index contributed by atoms with van der Waals surface area (Å²) in [6.45, 7) is 0. The molecule has 25 heavy (non-hydrogen) atoms. The van der Waals surface area contributed by atoms with Crippen LogP contribution in [0.5, 0.6) is 0 Å². The van der Waals surface area contributed by atoms with Crippen LogP contribution in [0.1, 0.15) is 0 Å². The summed E-state index contributed by atoms with van der Waals surface area (Å²) in [5.74, 6) is 0. The summed E-state index contributed by atoms with van der Waals surface area (Å²) in [4.78, 5) is 2.40. The van der Waals surface area contributed by atoms with Crippen molar-refractivity contribution >= 4 is 80.5 Å². The van der Waals surface area contributed by atoms with Gasteiger partial charge in [0, 0.05) is 10.0 Å². The van der Waals surface area contributed by atoms with Crippen LogP contribution in [0.4, 0.5) is 0 Å². The molecule has 3 rings (SSSR count). The highest BCUT2D eigenvalue weighted by molar-refractivity contribution is 7.97. The fourth-order valence-electron chi connectivity index (χ4n) is 2.34. The molecule has 0 aliphatic rings. The van der Waals surface area contributed by atoms with Crippen LogP contribution in [0.15, 0.2) is 69.3 Å². The molecule has 0 N–H and O–H groups in total. The van der Waals surface area contributed by atoms with Crippen LogP contribution in [-0.4, -0.2) is 0 Å². The Morgan fingerprint density at radius 3 is 1.24 bits per heavy atom. The molecule has 0 fully saturated rings. The van der Waals surface area contributed by atoms with E-state index in [1.54, 1.807) is 24.3 Å². The smallest absolute Gasteiger partial charge is 0.0842 e. The number of hydrogen-bond acceptors (Lipinski definition) is 0. The predicted molar refractivity (Wildman–Crippen MR) is 112 cm³/mol. The zero-order chi connectivity index (χ0) is 18.1. The Labute approximate surface area is 178 Å². The van der Waals surface area contributed by atoms with E-state index >= 15 is 0 Å². The third-order valence-corrected chi connectivity index (χ3v) is 7.83. The van der Waals surface area contributed by atoms with Gasteiger partial charge < -0.3 is 0 Å². The summed E-state index contributed by atoms with van der Waals surface area (Å²) in [6, 6.07) is 16.4. The first-order chi connectivity index (χ1) is 11.9. The maximum atomic E-state index is 6.49. The molecule has 0 saturated heterocycles. The number of halogens is 6. The van der Waals surface area contributed by atoms with E-state index in [0.29, 0.717) is 39.9 Å². The molecule has 0 atom stereocenters. The van der Waals surface area contributed by atoms with Crippen LogP contribution in [0.3, 0.4) is 0 Å². The largest absolute Gasteiger partial charge is 0.203 e. The Bertz CT molecular complexity index is 823. The number of rotatable bonds is 3. The fourth-order valence-corrected chi connectivity index (χ4v) is 7.02. The standard InChI is InChI=1S/C18H9Cl6S/c19-10-6-13(21)17(14(22)7-10)25(12-4-2-1-3-5-12)18-15(23)8-11(20)9-16(18)24/h1-9H/q+1. The van der Waals surface area contributed by atoms with Crippen molar-refractivity contribution in [2.24, 2.45) is 0 Å². The van der Waals surface area contributed by atoms with Crippen molar-refractivity contribution in [2.75, 3.05) is 0 Å². The summed E-state index contributed by atoms with van der Waals surface area (Å²) < 4.78 is 0. The minimum absolute atomic E-state index is 0.451. The van der Waals surface area contributed by atoms with Crippen LogP contribution in [0.2, 0.25) is 30.1 Å². The van der Waals surface area contributed by atoms with Gasteiger partial charge in [0.1, 0.15) is 10.9 Å².